The van der Waals surface area contributed by atoms with Crippen LogP contribution in [-0.2, 0) is 12.8 Å². The Kier molecular flexibility index (Phi) is 6.27. The Morgan fingerprint density at radius 3 is 2.86 bits per heavy atom. The maximum absolute atomic E-state index is 6.11. The smallest absolute Gasteiger partial charge is 0.125 e. The second-order valence-electron chi connectivity index (χ2n) is 5.31. The predicted molar refractivity (Wildman–Crippen MR) is 94.4 cm³/mol. The van der Waals surface area contributed by atoms with Crippen LogP contribution in [0.3, 0.4) is 0 Å². The van der Waals surface area contributed by atoms with E-state index in [0.717, 1.165) is 35.0 Å². The number of benzene rings is 1. The zero-order valence-electron chi connectivity index (χ0n) is 12.6. The van der Waals surface area contributed by atoms with E-state index in [1.54, 1.807) is 11.3 Å². The summed E-state index contributed by atoms with van der Waals surface area (Å²) >= 11 is 5.29. The molecule has 0 radical (unpaired) electrons. The van der Waals surface area contributed by atoms with Gasteiger partial charge >= 0.3 is 0 Å². The number of thiophene rings is 1. The van der Waals surface area contributed by atoms with Crippen LogP contribution >= 0.6 is 27.3 Å². The fourth-order valence-electron chi connectivity index (χ4n) is 2.29. The van der Waals surface area contributed by atoms with Crippen molar-refractivity contribution in [2.24, 2.45) is 5.73 Å². The molecule has 0 amide bonds. The molecule has 2 N–H and O–H groups in total. The maximum atomic E-state index is 6.11. The third-order valence-electron chi connectivity index (χ3n) is 3.54. The molecule has 1 aromatic heterocycles. The molecule has 4 heteroatoms. The lowest BCUT2D eigenvalue weighted by Crippen LogP contribution is -2.22. The molecule has 2 rings (SSSR count). The Bertz CT molecular complexity index is 568. The topological polar surface area (TPSA) is 35.2 Å². The third kappa shape index (κ3) is 4.83. The summed E-state index contributed by atoms with van der Waals surface area (Å²) in [4.78, 5) is 0. The van der Waals surface area contributed by atoms with Gasteiger partial charge in [-0.2, -0.15) is 11.3 Å². The number of aryl methyl sites for hydroxylation is 1. The van der Waals surface area contributed by atoms with Crippen molar-refractivity contribution in [3.8, 4) is 5.75 Å². The van der Waals surface area contributed by atoms with Gasteiger partial charge in [-0.25, -0.2) is 0 Å². The predicted octanol–water partition coefficient (Wildman–Crippen LogP) is 4.72. The fourth-order valence-corrected chi connectivity index (χ4v) is 3.61. The normalized spacial score (nSPS) is 12.4. The van der Waals surface area contributed by atoms with E-state index in [-0.39, 0.29) is 6.04 Å². The number of rotatable bonds is 7. The maximum Gasteiger partial charge on any atom is 0.125 e. The Balaban J connectivity index is 2.08. The molecule has 1 heterocycles. The van der Waals surface area contributed by atoms with Crippen LogP contribution in [0.25, 0.3) is 0 Å². The zero-order chi connectivity index (χ0) is 15.2. The quantitative estimate of drug-likeness (QED) is 0.768. The summed E-state index contributed by atoms with van der Waals surface area (Å²) in [7, 11) is 0. The highest BCUT2D eigenvalue weighted by Crippen LogP contribution is 2.29. The highest BCUT2D eigenvalue weighted by atomic mass is 79.9. The van der Waals surface area contributed by atoms with Crippen LogP contribution in [0.4, 0.5) is 0 Å². The second kappa shape index (κ2) is 7.97. The number of hydrogen-bond donors (Lipinski definition) is 1. The van der Waals surface area contributed by atoms with Gasteiger partial charge < -0.3 is 10.5 Å². The second-order valence-corrected chi connectivity index (χ2v) is 7.01. The summed E-state index contributed by atoms with van der Waals surface area (Å²) in [5, 5.41) is 4.28. The van der Waals surface area contributed by atoms with E-state index in [0.29, 0.717) is 6.61 Å². The molecule has 2 aromatic rings. The minimum Gasteiger partial charge on any atom is -0.493 e. The van der Waals surface area contributed by atoms with Crippen LogP contribution in [0, 0.1) is 6.92 Å². The van der Waals surface area contributed by atoms with E-state index in [9.17, 15) is 0 Å². The first kappa shape index (κ1) is 16.5. The fraction of sp³-hybridized carbons (Fsp3) is 0.412. The molecular formula is C17H22BrNOS. The summed E-state index contributed by atoms with van der Waals surface area (Å²) in [5.41, 5.74) is 9.80. The van der Waals surface area contributed by atoms with Gasteiger partial charge in [-0.05, 0) is 65.4 Å². The van der Waals surface area contributed by atoms with Crippen molar-refractivity contribution in [1.82, 2.24) is 0 Å². The lowest BCUT2D eigenvalue weighted by molar-refractivity contribution is 0.315. The molecule has 0 spiro atoms. The van der Waals surface area contributed by atoms with Gasteiger partial charge in [-0.3, -0.25) is 0 Å². The Morgan fingerprint density at radius 1 is 1.38 bits per heavy atom. The third-order valence-corrected chi connectivity index (χ3v) is 4.73. The molecule has 114 valence electrons. The van der Waals surface area contributed by atoms with Crippen LogP contribution in [0.2, 0.25) is 0 Å². The van der Waals surface area contributed by atoms with Gasteiger partial charge in [0.05, 0.1) is 6.61 Å². The minimum absolute atomic E-state index is 0.179. The molecule has 2 nitrogen and oxygen atoms in total. The molecular weight excluding hydrogens is 346 g/mol. The van der Waals surface area contributed by atoms with Gasteiger partial charge in [0, 0.05) is 16.9 Å². The van der Waals surface area contributed by atoms with Gasteiger partial charge in [0.2, 0.25) is 0 Å². The van der Waals surface area contributed by atoms with Crippen molar-refractivity contribution < 1.29 is 4.74 Å². The summed E-state index contributed by atoms with van der Waals surface area (Å²) < 4.78 is 7.16. The standard InChI is InChI=1S/C17H22BrNOS/c1-3-16(19)10-14-9-15(18)8-12(2)17(14)20-6-4-13-5-7-21-11-13/h5,7-9,11,16H,3-4,6,10,19H2,1-2H3. The van der Waals surface area contributed by atoms with E-state index in [1.807, 2.05) is 0 Å². The number of ether oxygens (including phenoxy) is 1. The van der Waals surface area contributed by atoms with Gasteiger partial charge in [0.15, 0.2) is 0 Å². The summed E-state index contributed by atoms with van der Waals surface area (Å²) in [6, 6.07) is 6.55. The minimum atomic E-state index is 0.179. The molecule has 0 aliphatic heterocycles. The molecule has 0 saturated carbocycles. The first-order valence-corrected chi connectivity index (χ1v) is 9.02. The van der Waals surface area contributed by atoms with Gasteiger partial charge in [0.1, 0.15) is 5.75 Å². The van der Waals surface area contributed by atoms with Crippen LogP contribution in [0.1, 0.15) is 30.0 Å². The molecule has 0 fully saturated rings. The molecule has 0 aliphatic carbocycles. The van der Waals surface area contributed by atoms with Gasteiger partial charge in [0.25, 0.3) is 0 Å². The molecule has 0 saturated heterocycles. The van der Waals surface area contributed by atoms with Crippen molar-refractivity contribution in [1.29, 1.82) is 0 Å². The van der Waals surface area contributed by atoms with E-state index in [4.69, 9.17) is 10.5 Å². The van der Waals surface area contributed by atoms with E-state index in [2.05, 4.69) is 58.7 Å². The number of nitrogens with two attached hydrogens (primary N) is 1. The number of halogens is 1. The molecule has 0 bridgehead atoms. The van der Waals surface area contributed by atoms with Crippen molar-refractivity contribution in [2.45, 2.75) is 39.2 Å². The van der Waals surface area contributed by atoms with Crippen LogP contribution in [-0.4, -0.2) is 12.6 Å². The average molecular weight is 368 g/mol. The first-order valence-electron chi connectivity index (χ1n) is 7.28. The molecule has 1 atom stereocenters. The monoisotopic (exact) mass is 367 g/mol. The van der Waals surface area contributed by atoms with Crippen molar-refractivity contribution in [3.05, 3.63) is 50.1 Å². The van der Waals surface area contributed by atoms with Crippen LogP contribution < -0.4 is 10.5 Å². The highest BCUT2D eigenvalue weighted by molar-refractivity contribution is 9.10. The molecule has 21 heavy (non-hydrogen) atoms. The van der Waals surface area contributed by atoms with E-state index < -0.39 is 0 Å². The largest absolute Gasteiger partial charge is 0.493 e. The van der Waals surface area contributed by atoms with Gasteiger partial charge in [-0.1, -0.05) is 22.9 Å². The van der Waals surface area contributed by atoms with E-state index >= 15 is 0 Å². The van der Waals surface area contributed by atoms with Crippen LogP contribution in [0.15, 0.2) is 33.4 Å². The zero-order valence-corrected chi connectivity index (χ0v) is 15.0. The SMILES string of the molecule is CCC(N)Cc1cc(Br)cc(C)c1OCCc1ccsc1. The first-order chi connectivity index (χ1) is 10.1. The summed E-state index contributed by atoms with van der Waals surface area (Å²) in [6.07, 6.45) is 2.77. The molecule has 0 aliphatic rings. The van der Waals surface area contributed by atoms with Crippen LogP contribution in [0.5, 0.6) is 5.75 Å². The highest BCUT2D eigenvalue weighted by Gasteiger charge is 2.12. The summed E-state index contributed by atoms with van der Waals surface area (Å²) in [5.74, 6) is 0.998. The number of hydrogen-bond acceptors (Lipinski definition) is 3. The summed E-state index contributed by atoms with van der Waals surface area (Å²) in [6.45, 7) is 4.91. The molecule has 1 aromatic carbocycles. The Labute approximate surface area is 139 Å². The van der Waals surface area contributed by atoms with Crippen molar-refractivity contribution >= 4 is 27.3 Å². The lowest BCUT2D eigenvalue weighted by Gasteiger charge is -2.17. The Hall–Kier alpha value is -0.840. The average Bonchev–Trinajstić information content (AvgIpc) is 2.94. The van der Waals surface area contributed by atoms with Crippen molar-refractivity contribution in [3.63, 3.8) is 0 Å². The van der Waals surface area contributed by atoms with Gasteiger partial charge in [-0.15, -0.1) is 0 Å². The van der Waals surface area contributed by atoms with Crippen molar-refractivity contribution in [2.75, 3.05) is 6.61 Å². The Morgan fingerprint density at radius 2 is 2.19 bits per heavy atom. The van der Waals surface area contributed by atoms with E-state index in [1.165, 1.54) is 11.1 Å². The lowest BCUT2D eigenvalue weighted by atomic mass is 10.0. The molecule has 1 unspecified atom stereocenters.